The molecule has 1 aromatic carbocycles. The number of benzene rings is 1. The normalized spacial score (nSPS) is 30.8. The van der Waals surface area contributed by atoms with E-state index in [-0.39, 0.29) is 12.0 Å². The van der Waals surface area contributed by atoms with Gasteiger partial charge in [0.1, 0.15) is 17.3 Å². The third-order valence-electron chi connectivity index (χ3n) is 6.67. The van der Waals surface area contributed by atoms with Crippen molar-refractivity contribution in [3.8, 4) is 0 Å². The predicted octanol–water partition coefficient (Wildman–Crippen LogP) is 0.888. The van der Waals surface area contributed by atoms with Crippen LogP contribution in [-0.4, -0.2) is 68.1 Å². The molecule has 33 heavy (non-hydrogen) atoms. The number of fused-ring (bicyclic) bond motifs is 2. The largest absolute Gasteiger partial charge is 0.511 e. The Kier molecular flexibility index (Phi) is 6.78. The number of aliphatic hydroxyl groups is 2. The van der Waals surface area contributed by atoms with Crippen LogP contribution in [-0.2, 0) is 38.1 Å². The standard InChI is InChI=1S/C23H26O10/c1-30-19(25)14-13-10-12(11-8-6-5-7-9-11)15(20(26)31-2)23(29,16(13)21(27)32-3)17(18(14)24)22(28)33-4/h5-9,12-13,15-17,24,29H,10H2,1-4H3/t12-,13+,15-,16-,17+,23+/m1/s1. The van der Waals surface area contributed by atoms with E-state index in [1.54, 1.807) is 30.3 Å². The van der Waals surface area contributed by atoms with Crippen molar-refractivity contribution in [1.29, 1.82) is 0 Å². The molecule has 0 amide bonds. The summed E-state index contributed by atoms with van der Waals surface area (Å²) in [6.45, 7) is 0. The zero-order valence-electron chi connectivity index (χ0n) is 18.6. The molecule has 6 atom stereocenters. The first-order valence-electron chi connectivity index (χ1n) is 10.2. The molecular weight excluding hydrogens is 436 g/mol. The van der Waals surface area contributed by atoms with Gasteiger partial charge in [-0.2, -0.15) is 0 Å². The average Bonchev–Trinajstić information content (AvgIpc) is 2.82. The molecule has 0 saturated heterocycles. The van der Waals surface area contributed by atoms with Crippen molar-refractivity contribution < 1.29 is 48.3 Å². The smallest absolute Gasteiger partial charge is 0.337 e. The van der Waals surface area contributed by atoms with E-state index in [0.29, 0.717) is 5.56 Å². The fraction of sp³-hybridized carbons (Fsp3) is 0.478. The van der Waals surface area contributed by atoms with Gasteiger partial charge in [-0.3, -0.25) is 14.4 Å². The van der Waals surface area contributed by atoms with Gasteiger partial charge in [-0.1, -0.05) is 30.3 Å². The summed E-state index contributed by atoms with van der Waals surface area (Å²) >= 11 is 0. The summed E-state index contributed by atoms with van der Waals surface area (Å²) in [7, 11) is 4.28. The van der Waals surface area contributed by atoms with Crippen LogP contribution in [0.5, 0.6) is 0 Å². The summed E-state index contributed by atoms with van der Waals surface area (Å²) in [6, 6.07) is 8.64. The Hall–Kier alpha value is -3.40. The number of carbonyl (C=O) groups is 4. The SMILES string of the molecule is COC(=O)C1=C(O)[C@@H](C(=O)OC)[C@]2(O)[C@@H](C(=O)OC)[C@@H](c3ccccc3)C[C@@H]1[C@@H]2C(=O)OC. The van der Waals surface area contributed by atoms with E-state index >= 15 is 0 Å². The van der Waals surface area contributed by atoms with E-state index in [1.807, 2.05) is 0 Å². The molecule has 3 rings (SSSR count). The lowest BCUT2D eigenvalue weighted by molar-refractivity contribution is -0.208. The van der Waals surface area contributed by atoms with E-state index in [9.17, 15) is 29.4 Å². The molecular formula is C23H26O10. The topological polar surface area (TPSA) is 146 Å². The second kappa shape index (κ2) is 9.22. The van der Waals surface area contributed by atoms with Crippen molar-refractivity contribution in [1.82, 2.24) is 0 Å². The lowest BCUT2D eigenvalue weighted by atomic mass is 9.49. The Morgan fingerprint density at radius 1 is 0.818 bits per heavy atom. The first-order valence-corrected chi connectivity index (χ1v) is 10.2. The summed E-state index contributed by atoms with van der Waals surface area (Å²) < 4.78 is 19.5. The molecule has 0 radical (unpaired) electrons. The van der Waals surface area contributed by atoms with Crippen LogP contribution in [0.15, 0.2) is 41.7 Å². The van der Waals surface area contributed by atoms with Crippen LogP contribution in [0.2, 0.25) is 0 Å². The molecule has 2 aliphatic rings. The minimum Gasteiger partial charge on any atom is -0.511 e. The first kappa shape index (κ1) is 24.2. The highest BCUT2D eigenvalue weighted by molar-refractivity contribution is 5.96. The van der Waals surface area contributed by atoms with E-state index < -0.39 is 64.8 Å². The van der Waals surface area contributed by atoms with Crippen molar-refractivity contribution >= 4 is 23.9 Å². The first-order chi connectivity index (χ1) is 15.7. The number of aliphatic hydroxyl groups excluding tert-OH is 1. The summed E-state index contributed by atoms with van der Waals surface area (Å²) in [5.74, 6) is -11.7. The maximum atomic E-state index is 13.1. The Morgan fingerprint density at radius 3 is 1.82 bits per heavy atom. The number of rotatable bonds is 5. The van der Waals surface area contributed by atoms with E-state index in [0.717, 1.165) is 28.4 Å². The van der Waals surface area contributed by atoms with Gasteiger partial charge >= 0.3 is 23.9 Å². The molecule has 1 saturated carbocycles. The lowest BCUT2D eigenvalue weighted by Crippen LogP contribution is -2.68. The Balaban J connectivity index is 2.41. The van der Waals surface area contributed by atoms with Gasteiger partial charge in [-0.15, -0.1) is 0 Å². The highest BCUT2D eigenvalue weighted by Crippen LogP contribution is 2.59. The van der Waals surface area contributed by atoms with Gasteiger partial charge in [0.25, 0.3) is 0 Å². The molecule has 10 nitrogen and oxygen atoms in total. The van der Waals surface area contributed by atoms with Crippen LogP contribution < -0.4 is 0 Å². The summed E-state index contributed by atoms with van der Waals surface area (Å²) in [5, 5.41) is 23.1. The molecule has 178 valence electrons. The number of ether oxygens (including phenoxy) is 4. The van der Waals surface area contributed by atoms with Crippen molar-refractivity contribution in [2.45, 2.75) is 17.9 Å². The molecule has 1 aromatic rings. The third-order valence-corrected chi connectivity index (χ3v) is 6.67. The second-order valence-corrected chi connectivity index (χ2v) is 8.00. The molecule has 1 fully saturated rings. The summed E-state index contributed by atoms with van der Waals surface area (Å²) in [6.07, 6.45) is -0.0196. The van der Waals surface area contributed by atoms with Crippen LogP contribution in [0, 0.1) is 23.7 Å². The van der Waals surface area contributed by atoms with Gasteiger partial charge in [0.05, 0.1) is 45.8 Å². The minimum absolute atomic E-state index is 0.0196. The number of hydrogen-bond donors (Lipinski definition) is 2. The average molecular weight is 462 g/mol. The van der Waals surface area contributed by atoms with Gasteiger partial charge in [0, 0.05) is 11.8 Å². The maximum Gasteiger partial charge on any atom is 0.337 e. The molecule has 0 heterocycles. The van der Waals surface area contributed by atoms with E-state index in [1.165, 1.54) is 0 Å². The number of esters is 4. The van der Waals surface area contributed by atoms with Crippen LogP contribution in [0.3, 0.4) is 0 Å². The summed E-state index contributed by atoms with van der Waals surface area (Å²) in [5.41, 5.74) is -2.27. The fourth-order valence-electron chi connectivity index (χ4n) is 5.36. The van der Waals surface area contributed by atoms with E-state index in [4.69, 9.17) is 18.9 Å². The Labute approximate surface area is 190 Å². The number of carbonyl (C=O) groups excluding carboxylic acids is 4. The van der Waals surface area contributed by atoms with Crippen molar-refractivity contribution in [3.05, 3.63) is 47.2 Å². The highest BCUT2D eigenvalue weighted by Gasteiger charge is 2.71. The molecule has 0 spiro atoms. The molecule has 0 aromatic heterocycles. The zero-order valence-corrected chi connectivity index (χ0v) is 18.6. The number of hydrogen-bond acceptors (Lipinski definition) is 10. The second-order valence-electron chi connectivity index (χ2n) is 8.00. The van der Waals surface area contributed by atoms with Crippen LogP contribution in [0.4, 0.5) is 0 Å². The molecule has 2 aliphatic carbocycles. The van der Waals surface area contributed by atoms with Crippen LogP contribution in [0.1, 0.15) is 17.9 Å². The van der Waals surface area contributed by atoms with Gasteiger partial charge in [-0.05, 0) is 12.0 Å². The fourth-order valence-corrected chi connectivity index (χ4v) is 5.36. The zero-order chi connectivity index (χ0) is 24.5. The molecule has 2 N–H and O–H groups in total. The van der Waals surface area contributed by atoms with Gasteiger partial charge in [0.15, 0.2) is 0 Å². The molecule has 0 unspecified atom stereocenters. The van der Waals surface area contributed by atoms with Crippen LogP contribution in [0.25, 0.3) is 0 Å². The number of methoxy groups -OCH3 is 4. The highest BCUT2D eigenvalue weighted by atomic mass is 16.5. The van der Waals surface area contributed by atoms with Crippen molar-refractivity contribution in [2.75, 3.05) is 28.4 Å². The third kappa shape index (κ3) is 3.64. The van der Waals surface area contributed by atoms with Gasteiger partial charge in [-0.25, -0.2) is 4.79 Å². The van der Waals surface area contributed by atoms with Gasteiger partial charge in [0.2, 0.25) is 0 Å². The van der Waals surface area contributed by atoms with Gasteiger partial charge < -0.3 is 29.2 Å². The lowest BCUT2D eigenvalue weighted by Gasteiger charge is -2.55. The quantitative estimate of drug-likeness (QED) is 0.478. The predicted molar refractivity (Wildman–Crippen MR) is 110 cm³/mol. The monoisotopic (exact) mass is 462 g/mol. The minimum atomic E-state index is -2.53. The van der Waals surface area contributed by atoms with E-state index in [2.05, 4.69) is 0 Å². The van der Waals surface area contributed by atoms with Crippen molar-refractivity contribution in [3.63, 3.8) is 0 Å². The Morgan fingerprint density at radius 2 is 1.33 bits per heavy atom. The summed E-state index contributed by atoms with van der Waals surface area (Å²) in [4.78, 5) is 51.6. The molecule has 2 bridgehead atoms. The molecule has 0 aliphatic heterocycles. The maximum absolute atomic E-state index is 13.1. The van der Waals surface area contributed by atoms with Crippen LogP contribution >= 0.6 is 0 Å². The Bertz CT molecular complexity index is 984. The molecule has 10 heteroatoms. The van der Waals surface area contributed by atoms with Crippen molar-refractivity contribution in [2.24, 2.45) is 23.7 Å².